The number of nitrogens with one attached hydrogen (secondary N) is 1. The number of benzene rings is 1. The maximum Gasteiger partial charge on any atom is 0.271 e. The Hall–Kier alpha value is -3.17. The van der Waals surface area contributed by atoms with E-state index in [9.17, 15) is 8.42 Å². The third-order valence-corrected chi connectivity index (χ3v) is 7.35. The quantitative estimate of drug-likeness (QED) is 0.446. The van der Waals surface area contributed by atoms with Gasteiger partial charge in [0.25, 0.3) is 10.0 Å². The van der Waals surface area contributed by atoms with Crippen LogP contribution in [-0.4, -0.2) is 23.0 Å². The van der Waals surface area contributed by atoms with Crippen LogP contribution in [0.15, 0.2) is 71.2 Å². The standard InChI is InChI=1S/C21H20N4O3S2/c1-3-18-10-11-21(29-18)30(26,27)24-16-6-8-17(9-7-16)28-20-14-19(22-15(2)23-20)25-12-4-5-13-25/h4-14,24H,3H2,1-2H3. The number of thiophene rings is 1. The van der Waals surface area contributed by atoms with Crippen LogP contribution in [0.4, 0.5) is 5.69 Å². The van der Waals surface area contributed by atoms with E-state index in [1.807, 2.05) is 42.1 Å². The molecule has 0 saturated carbocycles. The first-order valence-electron chi connectivity index (χ1n) is 9.31. The molecule has 7 nitrogen and oxygen atoms in total. The van der Waals surface area contributed by atoms with Crippen molar-refractivity contribution < 1.29 is 13.2 Å². The molecule has 4 aromatic rings. The van der Waals surface area contributed by atoms with Gasteiger partial charge in [0.1, 0.15) is 21.6 Å². The molecule has 0 bridgehead atoms. The zero-order chi connectivity index (χ0) is 21.1. The molecule has 3 heterocycles. The lowest BCUT2D eigenvalue weighted by Crippen LogP contribution is -2.11. The van der Waals surface area contributed by atoms with Crippen LogP contribution in [0, 0.1) is 6.92 Å². The molecule has 0 radical (unpaired) electrons. The molecule has 0 atom stereocenters. The second-order valence-electron chi connectivity index (χ2n) is 6.51. The summed E-state index contributed by atoms with van der Waals surface area (Å²) >= 11 is 1.27. The lowest BCUT2D eigenvalue weighted by atomic mass is 10.3. The smallest absolute Gasteiger partial charge is 0.271 e. The number of aryl methyl sites for hydroxylation is 2. The number of rotatable bonds is 7. The second-order valence-corrected chi connectivity index (χ2v) is 9.59. The summed E-state index contributed by atoms with van der Waals surface area (Å²) in [4.78, 5) is 9.75. The highest BCUT2D eigenvalue weighted by atomic mass is 32.2. The van der Waals surface area contributed by atoms with E-state index in [1.54, 1.807) is 43.3 Å². The van der Waals surface area contributed by atoms with E-state index in [4.69, 9.17) is 4.74 Å². The van der Waals surface area contributed by atoms with Crippen LogP contribution < -0.4 is 9.46 Å². The lowest BCUT2D eigenvalue weighted by molar-refractivity contribution is 0.459. The summed E-state index contributed by atoms with van der Waals surface area (Å²) in [5.41, 5.74) is 0.459. The van der Waals surface area contributed by atoms with Crippen LogP contribution >= 0.6 is 11.3 Å². The number of anilines is 1. The Morgan fingerprint density at radius 3 is 2.47 bits per heavy atom. The summed E-state index contributed by atoms with van der Waals surface area (Å²) in [6.45, 7) is 3.79. The normalized spacial score (nSPS) is 11.4. The number of sulfonamides is 1. The molecular weight excluding hydrogens is 420 g/mol. The summed E-state index contributed by atoms with van der Waals surface area (Å²) in [6.07, 6.45) is 4.59. The van der Waals surface area contributed by atoms with Gasteiger partial charge in [-0.15, -0.1) is 11.3 Å². The Labute approximate surface area is 179 Å². The van der Waals surface area contributed by atoms with Gasteiger partial charge < -0.3 is 9.30 Å². The van der Waals surface area contributed by atoms with Gasteiger partial charge in [-0.2, -0.15) is 4.98 Å². The van der Waals surface area contributed by atoms with Gasteiger partial charge in [0.2, 0.25) is 5.88 Å². The first-order valence-corrected chi connectivity index (χ1v) is 11.6. The van der Waals surface area contributed by atoms with Gasteiger partial charge in [-0.25, -0.2) is 13.4 Å². The van der Waals surface area contributed by atoms with E-state index in [1.165, 1.54) is 11.3 Å². The average molecular weight is 441 g/mol. The Balaban J connectivity index is 1.49. The number of hydrogen-bond acceptors (Lipinski definition) is 6. The molecule has 0 saturated heterocycles. The zero-order valence-electron chi connectivity index (χ0n) is 16.4. The third-order valence-electron chi connectivity index (χ3n) is 4.25. The predicted molar refractivity (Wildman–Crippen MR) is 117 cm³/mol. The van der Waals surface area contributed by atoms with Gasteiger partial charge in [0, 0.05) is 29.0 Å². The molecule has 1 aromatic carbocycles. The third kappa shape index (κ3) is 4.52. The molecule has 0 spiro atoms. The van der Waals surface area contributed by atoms with Crippen LogP contribution in [0.3, 0.4) is 0 Å². The molecule has 3 aromatic heterocycles. The van der Waals surface area contributed by atoms with Gasteiger partial charge >= 0.3 is 0 Å². The van der Waals surface area contributed by atoms with Crippen molar-refractivity contribution in [1.29, 1.82) is 0 Å². The van der Waals surface area contributed by atoms with Crippen molar-refractivity contribution in [3.05, 3.63) is 77.7 Å². The maximum atomic E-state index is 12.5. The molecule has 0 unspecified atom stereocenters. The SMILES string of the molecule is CCc1ccc(S(=O)(=O)Nc2ccc(Oc3cc(-n4cccc4)nc(C)n3)cc2)s1. The molecule has 1 N–H and O–H groups in total. The van der Waals surface area contributed by atoms with Gasteiger partial charge in [0.15, 0.2) is 0 Å². The fraction of sp³-hybridized carbons (Fsp3) is 0.143. The Morgan fingerprint density at radius 2 is 1.80 bits per heavy atom. The first-order chi connectivity index (χ1) is 14.4. The van der Waals surface area contributed by atoms with Gasteiger partial charge in [-0.05, 0) is 61.9 Å². The monoisotopic (exact) mass is 440 g/mol. The van der Waals surface area contributed by atoms with Crippen molar-refractivity contribution in [2.45, 2.75) is 24.5 Å². The minimum absolute atomic E-state index is 0.300. The van der Waals surface area contributed by atoms with Crippen molar-refractivity contribution in [1.82, 2.24) is 14.5 Å². The minimum atomic E-state index is -3.61. The Kier molecular flexibility index (Phi) is 5.56. The fourth-order valence-electron chi connectivity index (χ4n) is 2.81. The summed E-state index contributed by atoms with van der Waals surface area (Å²) in [6, 6.07) is 15.7. The minimum Gasteiger partial charge on any atom is -0.439 e. The Morgan fingerprint density at radius 1 is 1.07 bits per heavy atom. The van der Waals surface area contributed by atoms with Crippen molar-refractivity contribution in [3.8, 4) is 17.4 Å². The van der Waals surface area contributed by atoms with Crippen LogP contribution in [0.2, 0.25) is 0 Å². The molecule has 30 heavy (non-hydrogen) atoms. The molecule has 0 aliphatic carbocycles. The molecule has 0 fully saturated rings. The molecule has 0 aliphatic heterocycles. The van der Waals surface area contributed by atoms with E-state index < -0.39 is 10.0 Å². The van der Waals surface area contributed by atoms with E-state index in [0.29, 0.717) is 33.2 Å². The molecular formula is C21H20N4O3S2. The summed E-state index contributed by atoms with van der Waals surface area (Å²) in [5.74, 6) is 2.24. The average Bonchev–Trinajstić information content (AvgIpc) is 3.41. The largest absolute Gasteiger partial charge is 0.439 e. The van der Waals surface area contributed by atoms with Gasteiger partial charge in [-0.3, -0.25) is 4.72 Å². The van der Waals surface area contributed by atoms with Crippen molar-refractivity contribution in [3.63, 3.8) is 0 Å². The van der Waals surface area contributed by atoms with E-state index in [0.717, 1.165) is 11.3 Å². The highest BCUT2D eigenvalue weighted by Gasteiger charge is 2.17. The van der Waals surface area contributed by atoms with Crippen LogP contribution in [0.25, 0.3) is 5.82 Å². The van der Waals surface area contributed by atoms with Crippen LogP contribution in [0.1, 0.15) is 17.6 Å². The number of aromatic nitrogens is 3. The van der Waals surface area contributed by atoms with E-state index >= 15 is 0 Å². The predicted octanol–water partition coefficient (Wildman–Crippen LogP) is 4.79. The summed E-state index contributed by atoms with van der Waals surface area (Å²) in [7, 11) is -3.61. The van der Waals surface area contributed by atoms with Crippen molar-refractivity contribution >= 4 is 27.0 Å². The number of ether oxygens (including phenoxy) is 1. The molecule has 154 valence electrons. The van der Waals surface area contributed by atoms with Crippen molar-refractivity contribution in [2.24, 2.45) is 0 Å². The first kappa shape index (κ1) is 20.1. The summed E-state index contributed by atoms with van der Waals surface area (Å²) < 4.78 is 35.7. The summed E-state index contributed by atoms with van der Waals surface area (Å²) in [5, 5.41) is 0. The topological polar surface area (TPSA) is 86.1 Å². The lowest BCUT2D eigenvalue weighted by Gasteiger charge is -2.10. The molecule has 9 heteroatoms. The number of hydrogen-bond donors (Lipinski definition) is 1. The highest BCUT2D eigenvalue weighted by Crippen LogP contribution is 2.27. The van der Waals surface area contributed by atoms with Crippen LogP contribution in [-0.2, 0) is 16.4 Å². The maximum absolute atomic E-state index is 12.5. The highest BCUT2D eigenvalue weighted by molar-refractivity contribution is 7.94. The number of nitrogens with zero attached hydrogens (tertiary/aromatic N) is 3. The Bertz CT molecular complexity index is 1250. The van der Waals surface area contributed by atoms with E-state index in [2.05, 4.69) is 14.7 Å². The molecule has 4 rings (SSSR count). The van der Waals surface area contributed by atoms with Crippen molar-refractivity contribution in [2.75, 3.05) is 4.72 Å². The molecule has 0 aliphatic rings. The van der Waals surface area contributed by atoms with Gasteiger partial charge in [-0.1, -0.05) is 6.92 Å². The van der Waals surface area contributed by atoms with Gasteiger partial charge in [0.05, 0.1) is 0 Å². The molecule has 0 amide bonds. The van der Waals surface area contributed by atoms with Crippen LogP contribution in [0.5, 0.6) is 11.6 Å². The second kappa shape index (κ2) is 8.29. The zero-order valence-corrected chi connectivity index (χ0v) is 18.1. The fourth-order valence-corrected chi connectivity index (χ4v) is 5.16. The van der Waals surface area contributed by atoms with E-state index in [-0.39, 0.29) is 0 Å².